The fraction of sp³-hybridized carbons (Fsp3) is 0.238. The number of rotatable bonds is 12. The molecule has 4 heterocycles. The molecular formula is C42H42N10O6. The molecule has 1 aliphatic heterocycles. The first-order chi connectivity index (χ1) is 28.2. The summed E-state index contributed by atoms with van der Waals surface area (Å²) in [6.45, 7) is 2.32. The number of imidazole rings is 2. The van der Waals surface area contributed by atoms with Crippen LogP contribution in [0.3, 0.4) is 0 Å². The molecule has 1 saturated heterocycles. The number of carbonyl (C=O) groups excluding carboxylic acids is 4. The van der Waals surface area contributed by atoms with E-state index in [1.165, 1.54) is 14.2 Å². The Morgan fingerprint density at radius 2 is 1.24 bits per heavy atom. The third-order valence-electron chi connectivity index (χ3n) is 9.90. The third kappa shape index (κ3) is 8.70. The Bertz CT molecular complexity index is 2350. The largest absolute Gasteiger partial charge is 0.453 e. The molecule has 6 aromatic rings. The predicted octanol–water partition coefficient (Wildman–Crippen LogP) is 5.96. The van der Waals surface area contributed by atoms with Gasteiger partial charge in [0.1, 0.15) is 23.7 Å². The van der Waals surface area contributed by atoms with Crippen molar-refractivity contribution in [3.05, 3.63) is 132 Å². The van der Waals surface area contributed by atoms with Gasteiger partial charge in [-0.05, 0) is 36.5 Å². The van der Waals surface area contributed by atoms with E-state index in [1.807, 2.05) is 48.5 Å². The van der Waals surface area contributed by atoms with Crippen molar-refractivity contribution in [3.8, 4) is 33.9 Å². The van der Waals surface area contributed by atoms with E-state index in [9.17, 15) is 19.2 Å². The number of hydrogen-bond donors (Lipinski definition) is 5. The van der Waals surface area contributed by atoms with E-state index in [4.69, 9.17) is 9.47 Å². The molecule has 0 aliphatic carbocycles. The highest BCUT2D eigenvalue weighted by Gasteiger charge is 2.37. The van der Waals surface area contributed by atoms with Crippen molar-refractivity contribution < 1.29 is 28.7 Å². The van der Waals surface area contributed by atoms with Gasteiger partial charge in [-0.3, -0.25) is 9.59 Å². The number of nitrogens with zero attached hydrogens (tertiary/aromatic N) is 5. The summed E-state index contributed by atoms with van der Waals surface area (Å²) in [6.07, 6.45) is 6.93. The molecule has 16 nitrogen and oxygen atoms in total. The number of hydrogen-bond acceptors (Lipinski definition) is 10. The van der Waals surface area contributed by atoms with Crippen LogP contribution in [0.25, 0.3) is 33.9 Å². The smallest absolute Gasteiger partial charge is 0.407 e. The van der Waals surface area contributed by atoms with E-state index in [0.29, 0.717) is 47.3 Å². The minimum atomic E-state index is -0.954. The topological polar surface area (TPSA) is 209 Å². The number of amides is 4. The van der Waals surface area contributed by atoms with Crippen molar-refractivity contribution in [3.63, 3.8) is 0 Å². The zero-order valence-corrected chi connectivity index (χ0v) is 32.0. The zero-order valence-electron chi connectivity index (χ0n) is 32.0. The summed E-state index contributed by atoms with van der Waals surface area (Å²) in [6, 6.07) is 23.0. The van der Waals surface area contributed by atoms with E-state index in [1.54, 1.807) is 73.0 Å². The molecule has 3 aromatic carbocycles. The summed E-state index contributed by atoms with van der Waals surface area (Å²) in [7, 11) is 2.51. The van der Waals surface area contributed by atoms with Crippen LogP contribution in [-0.2, 0) is 19.1 Å². The lowest BCUT2D eigenvalue weighted by molar-refractivity contribution is -0.134. The fourth-order valence-electron chi connectivity index (χ4n) is 6.85. The summed E-state index contributed by atoms with van der Waals surface area (Å²) in [4.78, 5) is 78.0. The molecule has 58 heavy (non-hydrogen) atoms. The number of likely N-dealkylation sites (tertiary alicyclic amines) is 1. The summed E-state index contributed by atoms with van der Waals surface area (Å²) < 4.78 is 9.53. The first-order valence-corrected chi connectivity index (χ1v) is 18.6. The van der Waals surface area contributed by atoms with Crippen LogP contribution in [0.2, 0.25) is 0 Å². The Kier molecular flexibility index (Phi) is 11.8. The van der Waals surface area contributed by atoms with Crippen molar-refractivity contribution >= 4 is 24.0 Å². The third-order valence-corrected chi connectivity index (χ3v) is 9.90. The highest BCUT2D eigenvalue weighted by atomic mass is 16.5. The van der Waals surface area contributed by atoms with E-state index in [0.717, 1.165) is 28.8 Å². The highest BCUT2D eigenvalue weighted by Crippen LogP contribution is 2.34. The molecule has 1 fully saturated rings. The van der Waals surface area contributed by atoms with Crippen LogP contribution in [-0.4, -0.2) is 79.6 Å². The lowest BCUT2D eigenvalue weighted by atomic mass is 10.1. The van der Waals surface area contributed by atoms with E-state index < -0.39 is 36.2 Å². The predicted molar refractivity (Wildman–Crippen MR) is 212 cm³/mol. The Morgan fingerprint density at radius 3 is 1.88 bits per heavy atom. The van der Waals surface area contributed by atoms with Crippen LogP contribution in [0.1, 0.15) is 66.7 Å². The molecule has 3 aromatic heterocycles. The molecule has 4 atom stereocenters. The number of H-pyrrole nitrogens is 2. The molecule has 0 radical (unpaired) electrons. The van der Waals surface area contributed by atoms with Crippen molar-refractivity contribution in [2.24, 2.45) is 0 Å². The molecule has 5 N–H and O–H groups in total. The summed E-state index contributed by atoms with van der Waals surface area (Å²) in [5, 5.41) is 8.19. The second-order valence-corrected chi connectivity index (χ2v) is 13.6. The van der Waals surface area contributed by atoms with Crippen molar-refractivity contribution in [2.75, 3.05) is 20.8 Å². The van der Waals surface area contributed by atoms with Gasteiger partial charge < -0.3 is 40.3 Å². The first-order valence-electron chi connectivity index (χ1n) is 18.6. The van der Waals surface area contributed by atoms with Crippen LogP contribution in [0.5, 0.6) is 0 Å². The lowest BCUT2D eigenvalue weighted by Gasteiger charge is -2.28. The van der Waals surface area contributed by atoms with Crippen molar-refractivity contribution in [1.82, 2.24) is 50.8 Å². The van der Waals surface area contributed by atoms with Gasteiger partial charge in [0.2, 0.25) is 5.91 Å². The number of ether oxygens (including phenoxy) is 2. The van der Waals surface area contributed by atoms with Gasteiger partial charge in [-0.15, -0.1) is 0 Å². The monoisotopic (exact) mass is 782 g/mol. The molecule has 296 valence electrons. The molecule has 7 rings (SSSR count). The molecule has 0 spiro atoms. The highest BCUT2D eigenvalue weighted by molar-refractivity contribution is 5.88. The van der Waals surface area contributed by atoms with Gasteiger partial charge in [-0.1, -0.05) is 84.9 Å². The normalized spacial score (nSPS) is 15.2. The average molecular weight is 783 g/mol. The molecule has 0 unspecified atom stereocenters. The number of aromatic nitrogens is 6. The summed E-state index contributed by atoms with van der Waals surface area (Å²) in [5.41, 5.74) is 5.13. The second kappa shape index (κ2) is 17.6. The van der Waals surface area contributed by atoms with Gasteiger partial charge in [0, 0.05) is 30.1 Å². The molecule has 0 bridgehead atoms. The van der Waals surface area contributed by atoms with Gasteiger partial charge in [0.05, 0.1) is 50.1 Å². The quantitative estimate of drug-likeness (QED) is 0.0984. The Balaban J connectivity index is 0.990. The maximum Gasteiger partial charge on any atom is 0.407 e. The van der Waals surface area contributed by atoms with E-state index in [-0.39, 0.29) is 11.9 Å². The fourth-order valence-corrected chi connectivity index (χ4v) is 6.85. The van der Waals surface area contributed by atoms with Crippen LogP contribution < -0.4 is 16.0 Å². The molecule has 0 saturated carbocycles. The first kappa shape index (κ1) is 38.9. The molecule has 1 aliphatic rings. The van der Waals surface area contributed by atoms with Gasteiger partial charge in [-0.2, -0.15) is 0 Å². The maximum absolute atomic E-state index is 13.9. The Hall–Kier alpha value is -7.36. The Morgan fingerprint density at radius 1 is 0.672 bits per heavy atom. The number of benzene rings is 3. The van der Waals surface area contributed by atoms with Crippen LogP contribution in [0.15, 0.2) is 110 Å². The van der Waals surface area contributed by atoms with Gasteiger partial charge in [0.15, 0.2) is 5.82 Å². The van der Waals surface area contributed by atoms with Crippen molar-refractivity contribution in [2.45, 2.75) is 43.9 Å². The van der Waals surface area contributed by atoms with E-state index in [2.05, 4.69) is 45.9 Å². The standard InChI is InChI=1S/C42H42N10O6/c1-25(47-39(53)34(50-41(55)57-2)27-11-6-4-7-12-27)36-45-23-31(48-36)26-16-18-29(19-17-26)37-43-21-30(22-44-37)32-24-46-38(49-32)33-15-10-20-52(33)40(54)35(51-42(56)58-3)28-13-8-5-9-14-28/h4-9,11-14,16-19,21-25,33-35H,10,15,20H2,1-3H3,(H,45,48)(H,46,49)(H,47,53)(H,50,55)(H,51,56)/t25-,33-,34+,35+/m0/s1. The van der Waals surface area contributed by atoms with Gasteiger partial charge in [0.25, 0.3) is 5.91 Å². The van der Waals surface area contributed by atoms with Crippen LogP contribution in [0.4, 0.5) is 9.59 Å². The average Bonchev–Trinajstić information content (AvgIpc) is 4.07. The summed E-state index contributed by atoms with van der Waals surface area (Å²) in [5.74, 6) is 1.04. The maximum atomic E-state index is 13.9. The number of carbonyl (C=O) groups is 4. The molecule has 16 heteroatoms. The van der Waals surface area contributed by atoms with E-state index >= 15 is 0 Å². The minimum absolute atomic E-state index is 0.245. The Labute approximate surface area is 333 Å². The number of methoxy groups -OCH3 is 2. The van der Waals surface area contributed by atoms with Gasteiger partial charge in [-0.25, -0.2) is 29.5 Å². The number of nitrogens with one attached hydrogen (secondary N) is 5. The number of aromatic amines is 2. The zero-order chi connectivity index (χ0) is 40.6. The van der Waals surface area contributed by atoms with Crippen molar-refractivity contribution in [1.29, 1.82) is 0 Å². The molecular weight excluding hydrogens is 741 g/mol. The van der Waals surface area contributed by atoms with Crippen LogP contribution >= 0.6 is 0 Å². The SMILES string of the molecule is COC(=O)N[C@@H](C(=O)N[C@@H](C)c1ncc(-c2ccc(-c3ncc(-c4cnc([C@@H]5CCCN5C(=O)[C@H](NC(=O)OC)c5ccccc5)[nH]4)cn3)cc2)[nH]1)c1ccccc1. The summed E-state index contributed by atoms with van der Waals surface area (Å²) >= 11 is 0. The molecule has 4 amide bonds. The van der Waals surface area contributed by atoms with Crippen LogP contribution in [0, 0.1) is 0 Å². The number of alkyl carbamates (subject to hydrolysis) is 2. The minimum Gasteiger partial charge on any atom is -0.453 e. The second-order valence-electron chi connectivity index (χ2n) is 13.6. The lowest BCUT2D eigenvalue weighted by Crippen LogP contribution is -2.42. The van der Waals surface area contributed by atoms with Gasteiger partial charge >= 0.3 is 12.2 Å².